The van der Waals surface area contributed by atoms with E-state index >= 15 is 0 Å². The van der Waals surface area contributed by atoms with Gasteiger partial charge in [-0.3, -0.25) is 0 Å². The highest BCUT2D eigenvalue weighted by atomic mass is 16.5. The van der Waals surface area contributed by atoms with Gasteiger partial charge in [0.05, 0.1) is 5.60 Å². The molecular formula is C19H29NO3. The van der Waals surface area contributed by atoms with Crippen molar-refractivity contribution in [1.29, 1.82) is 0 Å². The van der Waals surface area contributed by atoms with Gasteiger partial charge in [0.1, 0.15) is 6.61 Å². The third-order valence-electron chi connectivity index (χ3n) is 4.92. The SMILES string of the molecule is CC(C)[C@@H]1CC[C@@H](C)C[C@]1(O)CNC(=O)OCc1ccccc1. The summed E-state index contributed by atoms with van der Waals surface area (Å²) < 4.78 is 5.23. The summed E-state index contributed by atoms with van der Waals surface area (Å²) in [5.74, 6) is 1.10. The maximum Gasteiger partial charge on any atom is 0.407 e. The highest BCUT2D eigenvalue weighted by molar-refractivity contribution is 5.67. The Labute approximate surface area is 139 Å². The molecule has 23 heavy (non-hydrogen) atoms. The maximum absolute atomic E-state index is 11.9. The number of alkyl carbamates (subject to hydrolysis) is 1. The van der Waals surface area contributed by atoms with Gasteiger partial charge in [-0.25, -0.2) is 4.79 Å². The predicted molar refractivity (Wildman–Crippen MR) is 90.9 cm³/mol. The fraction of sp³-hybridized carbons (Fsp3) is 0.632. The van der Waals surface area contributed by atoms with Crippen LogP contribution in [0.15, 0.2) is 30.3 Å². The van der Waals surface area contributed by atoms with E-state index < -0.39 is 11.7 Å². The van der Waals surface area contributed by atoms with Gasteiger partial charge < -0.3 is 15.2 Å². The molecule has 3 atom stereocenters. The number of hydrogen-bond acceptors (Lipinski definition) is 3. The Morgan fingerprint density at radius 3 is 2.70 bits per heavy atom. The lowest BCUT2D eigenvalue weighted by Gasteiger charge is -2.44. The molecule has 0 aliphatic heterocycles. The minimum atomic E-state index is -0.836. The van der Waals surface area contributed by atoms with Crippen LogP contribution in [0.2, 0.25) is 0 Å². The quantitative estimate of drug-likeness (QED) is 0.869. The second kappa shape index (κ2) is 7.82. The number of carbonyl (C=O) groups is 1. The van der Waals surface area contributed by atoms with Crippen molar-refractivity contribution in [3.05, 3.63) is 35.9 Å². The van der Waals surface area contributed by atoms with Crippen LogP contribution >= 0.6 is 0 Å². The van der Waals surface area contributed by atoms with Crippen molar-refractivity contribution in [1.82, 2.24) is 5.32 Å². The van der Waals surface area contributed by atoms with Crippen LogP contribution in [0.4, 0.5) is 4.79 Å². The lowest BCUT2D eigenvalue weighted by molar-refractivity contribution is -0.0774. The van der Waals surface area contributed by atoms with Gasteiger partial charge in [0.2, 0.25) is 0 Å². The Morgan fingerprint density at radius 2 is 2.04 bits per heavy atom. The van der Waals surface area contributed by atoms with E-state index in [1.54, 1.807) is 0 Å². The molecule has 2 N–H and O–H groups in total. The lowest BCUT2D eigenvalue weighted by atomic mass is 9.67. The number of carbonyl (C=O) groups excluding carboxylic acids is 1. The molecule has 2 rings (SSSR count). The Morgan fingerprint density at radius 1 is 1.35 bits per heavy atom. The summed E-state index contributed by atoms with van der Waals surface area (Å²) in [4.78, 5) is 11.9. The highest BCUT2D eigenvalue weighted by Crippen LogP contribution is 2.40. The molecule has 0 radical (unpaired) electrons. The Kier molecular flexibility index (Phi) is 6.05. The van der Waals surface area contributed by atoms with Crippen LogP contribution < -0.4 is 5.32 Å². The molecule has 1 aromatic rings. The summed E-state index contributed by atoms with van der Waals surface area (Å²) in [5.41, 5.74) is 0.116. The number of hydrogen-bond donors (Lipinski definition) is 2. The van der Waals surface area contributed by atoms with E-state index in [1.165, 1.54) is 0 Å². The zero-order valence-corrected chi connectivity index (χ0v) is 14.4. The average Bonchev–Trinajstić information content (AvgIpc) is 2.51. The van der Waals surface area contributed by atoms with E-state index in [9.17, 15) is 9.90 Å². The molecule has 0 saturated heterocycles. The molecule has 0 spiro atoms. The second-order valence-electron chi connectivity index (χ2n) is 7.26. The van der Waals surface area contributed by atoms with Crippen LogP contribution in [0.1, 0.15) is 45.6 Å². The number of aliphatic hydroxyl groups is 1. The van der Waals surface area contributed by atoms with Gasteiger partial charge in [-0.05, 0) is 36.2 Å². The summed E-state index contributed by atoms with van der Waals surface area (Å²) in [6.45, 7) is 6.94. The minimum Gasteiger partial charge on any atom is -0.445 e. The smallest absolute Gasteiger partial charge is 0.407 e. The van der Waals surface area contributed by atoms with Gasteiger partial charge in [-0.15, -0.1) is 0 Å². The van der Waals surface area contributed by atoms with Crippen LogP contribution in [-0.4, -0.2) is 23.3 Å². The van der Waals surface area contributed by atoms with Crippen LogP contribution in [0.5, 0.6) is 0 Å². The van der Waals surface area contributed by atoms with E-state index in [0.717, 1.165) is 24.8 Å². The molecule has 0 unspecified atom stereocenters. The van der Waals surface area contributed by atoms with Crippen molar-refractivity contribution in [3.63, 3.8) is 0 Å². The first-order valence-corrected chi connectivity index (χ1v) is 8.57. The topological polar surface area (TPSA) is 58.6 Å². The molecular weight excluding hydrogens is 290 g/mol. The van der Waals surface area contributed by atoms with Crippen LogP contribution in [-0.2, 0) is 11.3 Å². The fourth-order valence-electron chi connectivity index (χ4n) is 3.75. The summed E-state index contributed by atoms with van der Waals surface area (Å²) in [7, 11) is 0. The summed E-state index contributed by atoms with van der Waals surface area (Å²) in [6, 6.07) is 9.58. The minimum absolute atomic E-state index is 0.216. The normalized spacial score (nSPS) is 27.7. The van der Waals surface area contributed by atoms with Crippen LogP contribution in [0.3, 0.4) is 0 Å². The van der Waals surface area contributed by atoms with Crippen molar-refractivity contribution in [3.8, 4) is 0 Å². The van der Waals surface area contributed by atoms with Crippen molar-refractivity contribution in [2.24, 2.45) is 17.8 Å². The second-order valence-corrected chi connectivity index (χ2v) is 7.26. The number of amides is 1. The zero-order chi connectivity index (χ0) is 16.9. The van der Waals surface area contributed by atoms with Crippen molar-refractivity contribution >= 4 is 6.09 Å². The summed E-state index contributed by atoms with van der Waals surface area (Å²) in [5, 5.41) is 13.8. The first-order valence-electron chi connectivity index (χ1n) is 8.57. The first kappa shape index (κ1) is 17.8. The third-order valence-corrected chi connectivity index (χ3v) is 4.92. The van der Waals surface area contributed by atoms with E-state index in [4.69, 9.17) is 4.74 Å². The van der Waals surface area contributed by atoms with Gasteiger partial charge in [-0.1, -0.05) is 57.5 Å². The molecule has 128 valence electrons. The van der Waals surface area contributed by atoms with Gasteiger partial charge in [0.15, 0.2) is 0 Å². The predicted octanol–water partition coefficient (Wildman–Crippen LogP) is 3.74. The molecule has 1 saturated carbocycles. The molecule has 1 aliphatic rings. The number of benzene rings is 1. The largest absolute Gasteiger partial charge is 0.445 e. The number of rotatable bonds is 5. The van der Waals surface area contributed by atoms with Crippen molar-refractivity contribution in [2.75, 3.05) is 6.54 Å². The van der Waals surface area contributed by atoms with Gasteiger partial charge in [0.25, 0.3) is 0 Å². The molecule has 0 aromatic heterocycles. The lowest BCUT2D eigenvalue weighted by Crippen LogP contribution is -2.53. The Balaban J connectivity index is 1.85. The van der Waals surface area contributed by atoms with E-state index in [2.05, 4.69) is 26.1 Å². The molecule has 1 aliphatic carbocycles. The zero-order valence-electron chi connectivity index (χ0n) is 14.4. The average molecular weight is 319 g/mol. The van der Waals surface area contributed by atoms with E-state index in [0.29, 0.717) is 11.8 Å². The molecule has 0 heterocycles. The van der Waals surface area contributed by atoms with Gasteiger partial charge in [-0.2, -0.15) is 0 Å². The van der Waals surface area contributed by atoms with Gasteiger partial charge >= 0.3 is 6.09 Å². The third kappa shape index (κ3) is 4.96. The number of ether oxygens (including phenoxy) is 1. The molecule has 4 heteroatoms. The molecule has 4 nitrogen and oxygen atoms in total. The van der Waals surface area contributed by atoms with E-state index in [1.807, 2.05) is 30.3 Å². The van der Waals surface area contributed by atoms with E-state index in [-0.39, 0.29) is 19.1 Å². The van der Waals surface area contributed by atoms with Crippen molar-refractivity contribution in [2.45, 2.75) is 52.2 Å². The first-order chi connectivity index (χ1) is 10.9. The fourth-order valence-corrected chi connectivity index (χ4v) is 3.75. The Bertz CT molecular complexity index is 503. The molecule has 0 bridgehead atoms. The Hall–Kier alpha value is -1.55. The highest BCUT2D eigenvalue weighted by Gasteiger charge is 2.42. The molecule has 1 fully saturated rings. The maximum atomic E-state index is 11.9. The van der Waals surface area contributed by atoms with Crippen LogP contribution in [0.25, 0.3) is 0 Å². The van der Waals surface area contributed by atoms with Crippen molar-refractivity contribution < 1.29 is 14.6 Å². The van der Waals surface area contributed by atoms with Gasteiger partial charge in [0, 0.05) is 6.54 Å². The summed E-state index contributed by atoms with van der Waals surface area (Å²) in [6.07, 6.45) is 2.41. The molecule has 1 aromatic carbocycles. The number of nitrogens with one attached hydrogen (secondary N) is 1. The van der Waals surface area contributed by atoms with Crippen LogP contribution in [0, 0.1) is 17.8 Å². The standard InChI is InChI=1S/C19H29NO3/c1-14(2)17-10-9-15(3)11-19(17,22)13-20-18(21)23-12-16-7-5-4-6-8-16/h4-8,14-15,17,22H,9-13H2,1-3H3,(H,20,21)/t15-,17+,19+/m1/s1. The summed E-state index contributed by atoms with van der Waals surface area (Å²) >= 11 is 0. The molecule has 1 amide bonds. The monoisotopic (exact) mass is 319 g/mol.